The maximum absolute atomic E-state index is 12.8. The fraction of sp³-hybridized carbons (Fsp3) is 0.250. The van der Waals surface area contributed by atoms with Crippen LogP contribution >= 0.6 is 0 Å². The van der Waals surface area contributed by atoms with Crippen LogP contribution in [0.2, 0.25) is 0 Å². The second-order valence-electron chi connectivity index (χ2n) is 7.76. The summed E-state index contributed by atoms with van der Waals surface area (Å²) in [5, 5.41) is 3.04. The largest absolute Gasteiger partial charge is 0.356 e. The number of nitrogens with one attached hydrogen (secondary N) is 2. The van der Waals surface area contributed by atoms with Gasteiger partial charge in [0, 0.05) is 37.4 Å². The highest BCUT2D eigenvalue weighted by Gasteiger charge is 2.23. The van der Waals surface area contributed by atoms with Crippen molar-refractivity contribution in [1.82, 2.24) is 15.0 Å². The van der Waals surface area contributed by atoms with Gasteiger partial charge in [-0.05, 0) is 48.7 Å². The lowest BCUT2D eigenvalue weighted by Crippen LogP contribution is -2.45. The molecule has 1 aliphatic rings. The zero-order valence-electron chi connectivity index (χ0n) is 17.6. The molecule has 1 saturated heterocycles. The molecule has 0 bridgehead atoms. The van der Waals surface area contributed by atoms with Crippen LogP contribution in [0.5, 0.6) is 0 Å². The fourth-order valence-electron chi connectivity index (χ4n) is 3.72. The van der Waals surface area contributed by atoms with E-state index in [1.54, 1.807) is 18.3 Å². The molecule has 8 heteroatoms. The van der Waals surface area contributed by atoms with Crippen molar-refractivity contribution in [2.24, 2.45) is 0 Å². The van der Waals surface area contributed by atoms with Crippen molar-refractivity contribution in [2.75, 3.05) is 18.0 Å². The van der Waals surface area contributed by atoms with Crippen LogP contribution in [0, 0.1) is 0 Å². The van der Waals surface area contributed by atoms with Crippen molar-refractivity contribution in [3.63, 3.8) is 0 Å². The summed E-state index contributed by atoms with van der Waals surface area (Å²) in [4.78, 5) is 19.4. The Hall–Kier alpha value is -3.23. The van der Waals surface area contributed by atoms with E-state index in [1.165, 1.54) is 12.1 Å². The first-order valence-electron chi connectivity index (χ1n) is 10.6. The zero-order chi connectivity index (χ0) is 22.4. The van der Waals surface area contributed by atoms with Gasteiger partial charge < -0.3 is 10.2 Å². The number of hydrogen-bond acceptors (Lipinski definition) is 5. The van der Waals surface area contributed by atoms with Crippen molar-refractivity contribution in [1.29, 1.82) is 0 Å². The summed E-state index contributed by atoms with van der Waals surface area (Å²) in [5.41, 5.74) is 1.20. The fourth-order valence-corrected chi connectivity index (χ4v) is 4.79. The number of carbonyl (C=O) groups is 1. The van der Waals surface area contributed by atoms with Gasteiger partial charge in [-0.25, -0.2) is 18.1 Å². The normalized spacial score (nSPS) is 14.8. The SMILES string of the molecule is O=C(NC1CCN(c2ccccn2)CC1)c1cccc(S(=O)(=O)NCc2ccccc2)c1. The molecule has 1 aliphatic heterocycles. The maximum Gasteiger partial charge on any atom is 0.251 e. The number of piperidine rings is 1. The Bertz CT molecular complexity index is 1150. The van der Waals surface area contributed by atoms with Crippen LogP contribution in [0.15, 0.2) is 83.9 Å². The van der Waals surface area contributed by atoms with Crippen LogP contribution in [-0.2, 0) is 16.6 Å². The van der Waals surface area contributed by atoms with E-state index in [0.717, 1.165) is 37.3 Å². The summed E-state index contributed by atoms with van der Waals surface area (Å²) in [6.07, 6.45) is 3.39. The molecule has 0 saturated carbocycles. The third-order valence-corrected chi connectivity index (χ3v) is 6.92. The van der Waals surface area contributed by atoms with Gasteiger partial charge >= 0.3 is 0 Å². The van der Waals surface area contributed by atoms with Crippen molar-refractivity contribution in [3.8, 4) is 0 Å². The Morgan fingerprint density at radius 1 is 0.969 bits per heavy atom. The molecule has 0 aliphatic carbocycles. The van der Waals surface area contributed by atoms with Crippen LogP contribution in [-0.4, -0.2) is 38.4 Å². The second kappa shape index (κ2) is 9.93. The number of rotatable bonds is 7. The van der Waals surface area contributed by atoms with Crippen LogP contribution in [0.1, 0.15) is 28.8 Å². The number of anilines is 1. The quantitative estimate of drug-likeness (QED) is 0.578. The van der Waals surface area contributed by atoms with Crippen LogP contribution < -0.4 is 14.9 Å². The molecule has 166 valence electrons. The molecule has 0 radical (unpaired) electrons. The number of aromatic nitrogens is 1. The van der Waals surface area contributed by atoms with Gasteiger partial charge in [-0.3, -0.25) is 4.79 Å². The van der Waals surface area contributed by atoms with Crippen LogP contribution in [0.4, 0.5) is 5.82 Å². The van der Waals surface area contributed by atoms with E-state index in [9.17, 15) is 13.2 Å². The van der Waals surface area contributed by atoms with Crippen LogP contribution in [0.3, 0.4) is 0 Å². The van der Waals surface area contributed by atoms with E-state index < -0.39 is 10.0 Å². The van der Waals surface area contributed by atoms with Gasteiger partial charge in [-0.1, -0.05) is 42.5 Å². The highest BCUT2D eigenvalue weighted by Crippen LogP contribution is 2.18. The van der Waals surface area contributed by atoms with E-state index >= 15 is 0 Å². The lowest BCUT2D eigenvalue weighted by atomic mass is 10.0. The molecule has 1 amide bonds. The third-order valence-electron chi connectivity index (χ3n) is 5.52. The number of amides is 1. The first-order chi connectivity index (χ1) is 15.5. The van der Waals surface area contributed by atoms with Gasteiger partial charge in [0.15, 0.2) is 0 Å². The van der Waals surface area contributed by atoms with Crippen molar-refractivity contribution >= 4 is 21.7 Å². The first-order valence-corrected chi connectivity index (χ1v) is 12.1. The highest BCUT2D eigenvalue weighted by molar-refractivity contribution is 7.89. The summed E-state index contributed by atoms with van der Waals surface area (Å²) in [7, 11) is -3.73. The number of pyridine rings is 1. The van der Waals surface area contributed by atoms with E-state index in [-0.39, 0.29) is 23.4 Å². The lowest BCUT2D eigenvalue weighted by molar-refractivity contribution is 0.0931. The van der Waals surface area contributed by atoms with Gasteiger partial charge in [0.25, 0.3) is 5.91 Å². The average molecular weight is 451 g/mol. The van der Waals surface area contributed by atoms with Crippen molar-refractivity contribution < 1.29 is 13.2 Å². The van der Waals surface area contributed by atoms with E-state index in [2.05, 4.69) is 19.9 Å². The third kappa shape index (κ3) is 5.52. The molecule has 1 aromatic heterocycles. The van der Waals surface area contributed by atoms with Gasteiger partial charge in [-0.15, -0.1) is 0 Å². The summed E-state index contributed by atoms with van der Waals surface area (Å²) < 4.78 is 28.0. The molecule has 2 N–H and O–H groups in total. The molecule has 7 nitrogen and oxygen atoms in total. The Kier molecular flexibility index (Phi) is 6.82. The zero-order valence-corrected chi connectivity index (χ0v) is 18.5. The molecule has 0 spiro atoms. The Morgan fingerprint density at radius 2 is 1.72 bits per heavy atom. The molecule has 2 aromatic carbocycles. The first kappa shape index (κ1) is 22.0. The summed E-state index contributed by atoms with van der Waals surface area (Å²) in [5.74, 6) is 0.680. The van der Waals surface area contributed by atoms with Gasteiger partial charge in [-0.2, -0.15) is 0 Å². The molecule has 0 unspecified atom stereocenters. The molecular formula is C24H26N4O3S. The monoisotopic (exact) mass is 450 g/mol. The average Bonchev–Trinajstić information content (AvgIpc) is 2.84. The molecule has 3 aromatic rings. The topological polar surface area (TPSA) is 91.4 Å². The molecule has 2 heterocycles. The van der Waals surface area contributed by atoms with E-state index in [1.807, 2.05) is 48.5 Å². The summed E-state index contributed by atoms with van der Waals surface area (Å²) in [6, 6.07) is 21.3. The minimum Gasteiger partial charge on any atom is -0.356 e. The number of hydrogen-bond donors (Lipinski definition) is 2. The van der Waals surface area contributed by atoms with Gasteiger partial charge in [0.1, 0.15) is 5.82 Å². The van der Waals surface area contributed by atoms with E-state index in [0.29, 0.717) is 5.56 Å². The number of sulfonamides is 1. The minimum absolute atomic E-state index is 0.0407. The standard InChI is InChI=1S/C24H26N4O3S/c29-24(27-21-12-15-28(16-13-21)23-11-4-5-14-25-23)20-9-6-10-22(17-20)32(30,31)26-18-19-7-2-1-3-8-19/h1-11,14,17,21,26H,12-13,15-16,18H2,(H,27,29). The smallest absolute Gasteiger partial charge is 0.251 e. The highest BCUT2D eigenvalue weighted by atomic mass is 32.2. The van der Waals surface area contributed by atoms with Gasteiger partial charge in [0.05, 0.1) is 4.90 Å². The molecule has 0 atom stereocenters. The number of nitrogens with zero attached hydrogens (tertiary/aromatic N) is 2. The Balaban J connectivity index is 1.35. The number of carbonyl (C=O) groups excluding carboxylic acids is 1. The summed E-state index contributed by atoms with van der Waals surface area (Å²) in [6.45, 7) is 1.80. The van der Waals surface area contributed by atoms with Gasteiger partial charge in [0.2, 0.25) is 10.0 Å². The number of benzene rings is 2. The second-order valence-corrected chi connectivity index (χ2v) is 9.53. The van der Waals surface area contributed by atoms with Crippen molar-refractivity contribution in [3.05, 3.63) is 90.1 Å². The molecule has 32 heavy (non-hydrogen) atoms. The predicted octanol–water partition coefficient (Wildman–Crippen LogP) is 2.96. The van der Waals surface area contributed by atoms with Crippen molar-refractivity contribution in [2.45, 2.75) is 30.3 Å². The molecule has 1 fully saturated rings. The van der Waals surface area contributed by atoms with E-state index in [4.69, 9.17) is 0 Å². The maximum atomic E-state index is 12.8. The Labute approximate surface area is 188 Å². The van der Waals surface area contributed by atoms with Crippen LogP contribution in [0.25, 0.3) is 0 Å². The molecular weight excluding hydrogens is 424 g/mol. The lowest BCUT2D eigenvalue weighted by Gasteiger charge is -2.33. The minimum atomic E-state index is -3.73. The summed E-state index contributed by atoms with van der Waals surface area (Å²) >= 11 is 0. The Morgan fingerprint density at radius 3 is 2.44 bits per heavy atom. The predicted molar refractivity (Wildman–Crippen MR) is 124 cm³/mol. The molecule has 4 rings (SSSR count).